The molecule has 1 aliphatic heterocycles. The van der Waals surface area contributed by atoms with Gasteiger partial charge in [-0.15, -0.1) is 0 Å². The predicted octanol–water partition coefficient (Wildman–Crippen LogP) is 2.60. The molecule has 0 aromatic heterocycles. The molecule has 21 heavy (non-hydrogen) atoms. The van der Waals surface area contributed by atoms with Crippen LogP contribution < -0.4 is 10.6 Å². The van der Waals surface area contributed by atoms with Crippen molar-refractivity contribution in [3.8, 4) is 0 Å². The summed E-state index contributed by atoms with van der Waals surface area (Å²) in [4.78, 5) is 26.2. The zero-order valence-electron chi connectivity index (χ0n) is 12.6. The fraction of sp³-hybridized carbons (Fsp3) is 0.500. The minimum atomic E-state index is -0.519. The van der Waals surface area contributed by atoms with Gasteiger partial charge in [0.2, 0.25) is 5.91 Å². The largest absolute Gasteiger partial charge is 0.338 e. The van der Waals surface area contributed by atoms with E-state index in [9.17, 15) is 9.59 Å². The smallest absolute Gasteiger partial charge is 0.319 e. The molecule has 1 fully saturated rings. The number of carbonyl (C=O) groups is 2. The highest BCUT2D eigenvalue weighted by Crippen LogP contribution is 2.17. The van der Waals surface area contributed by atoms with Gasteiger partial charge in [0, 0.05) is 18.3 Å². The fourth-order valence-corrected chi connectivity index (χ4v) is 2.62. The Morgan fingerprint density at radius 3 is 2.62 bits per heavy atom. The van der Waals surface area contributed by atoms with Crippen molar-refractivity contribution in [1.29, 1.82) is 0 Å². The summed E-state index contributed by atoms with van der Waals surface area (Å²) in [6, 6.07) is 8.57. The summed E-state index contributed by atoms with van der Waals surface area (Å²) in [5.41, 5.74) is 0.709. The fourth-order valence-electron chi connectivity index (χ4n) is 2.62. The van der Waals surface area contributed by atoms with Gasteiger partial charge >= 0.3 is 6.03 Å². The zero-order valence-corrected chi connectivity index (χ0v) is 12.6. The Morgan fingerprint density at radius 1 is 1.24 bits per heavy atom. The molecule has 0 spiro atoms. The summed E-state index contributed by atoms with van der Waals surface area (Å²) in [6.45, 7) is 4.58. The molecule has 114 valence electrons. The first kappa shape index (κ1) is 15.4. The molecule has 2 N–H and O–H groups in total. The molecular weight excluding hydrogens is 266 g/mol. The molecule has 0 saturated carbocycles. The van der Waals surface area contributed by atoms with Gasteiger partial charge in [-0.3, -0.25) is 4.79 Å². The topological polar surface area (TPSA) is 61.4 Å². The van der Waals surface area contributed by atoms with Crippen molar-refractivity contribution in [2.24, 2.45) is 0 Å². The van der Waals surface area contributed by atoms with E-state index in [0.29, 0.717) is 5.69 Å². The van der Waals surface area contributed by atoms with E-state index in [-0.39, 0.29) is 18.0 Å². The number of hydrogen-bond donors (Lipinski definition) is 2. The number of nitrogens with one attached hydrogen (secondary N) is 2. The van der Waals surface area contributed by atoms with Crippen LogP contribution >= 0.6 is 0 Å². The minimum absolute atomic E-state index is 0.00888. The Kier molecular flexibility index (Phi) is 5.20. The highest BCUT2D eigenvalue weighted by molar-refractivity contribution is 5.93. The number of piperidine rings is 1. The van der Waals surface area contributed by atoms with Crippen molar-refractivity contribution in [3.63, 3.8) is 0 Å². The van der Waals surface area contributed by atoms with Crippen LogP contribution in [0.3, 0.4) is 0 Å². The van der Waals surface area contributed by atoms with E-state index in [0.717, 1.165) is 19.4 Å². The van der Waals surface area contributed by atoms with Crippen molar-refractivity contribution in [2.45, 2.75) is 45.2 Å². The van der Waals surface area contributed by atoms with Crippen molar-refractivity contribution in [3.05, 3.63) is 30.3 Å². The molecule has 1 aromatic carbocycles. The highest BCUT2D eigenvalue weighted by atomic mass is 16.2. The molecule has 3 amide bonds. The number of hydrogen-bond acceptors (Lipinski definition) is 2. The molecule has 1 saturated heterocycles. The van der Waals surface area contributed by atoms with Crippen molar-refractivity contribution < 1.29 is 9.59 Å². The Bertz CT molecular complexity index is 490. The third-order valence-electron chi connectivity index (χ3n) is 3.84. The SMILES string of the molecule is C[C@@H]1CCCCN1C(=O)[C@@H](C)NC(=O)Nc1ccccc1. The summed E-state index contributed by atoms with van der Waals surface area (Å²) in [5.74, 6) is -0.00888. The van der Waals surface area contributed by atoms with E-state index >= 15 is 0 Å². The van der Waals surface area contributed by atoms with Crippen molar-refractivity contribution in [2.75, 3.05) is 11.9 Å². The van der Waals surface area contributed by atoms with Crippen LogP contribution in [0.4, 0.5) is 10.5 Å². The van der Waals surface area contributed by atoms with Crippen LogP contribution in [-0.2, 0) is 4.79 Å². The van der Waals surface area contributed by atoms with Crippen LogP contribution in [0.2, 0.25) is 0 Å². The second-order valence-electron chi connectivity index (χ2n) is 5.56. The van der Waals surface area contributed by atoms with E-state index in [1.54, 1.807) is 19.1 Å². The lowest BCUT2D eigenvalue weighted by Gasteiger charge is -2.35. The maximum Gasteiger partial charge on any atom is 0.319 e. The van der Waals surface area contributed by atoms with Crippen LogP contribution in [0.1, 0.15) is 33.1 Å². The Hall–Kier alpha value is -2.04. The first-order valence-corrected chi connectivity index (χ1v) is 7.51. The average Bonchev–Trinajstić information content (AvgIpc) is 2.48. The second kappa shape index (κ2) is 7.11. The number of rotatable bonds is 3. The molecule has 0 radical (unpaired) electrons. The molecule has 0 unspecified atom stereocenters. The third-order valence-corrected chi connectivity index (χ3v) is 3.84. The van der Waals surface area contributed by atoms with E-state index in [1.807, 2.05) is 23.1 Å². The number of carbonyl (C=O) groups excluding carboxylic acids is 2. The zero-order chi connectivity index (χ0) is 15.2. The average molecular weight is 289 g/mol. The number of amides is 3. The number of para-hydroxylation sites is 1. The molecule has 1 aromatic rings. The normalized spacial score (nSPS) is 19.7. The Morgan fingerprint density at radius 2 is 1.95 bits per heavy atom. The third kappa shape index (κ3) is 4.21. The van der Waals surface area contributed by atoms with Crippen molar-refractivity contribution in [1.82, 2.24) is 10.2 Å². The van der Waals surface area contributed by atoms with E-state index in [2.05, 4.69) is 17.6 Å². The van der Waals surface area contributed by atoms with Gasteiger partial charge in [-0.1, -0.05) is 18.2 Å². The molecule has 5 heteroatoms. The lowest BCUT2D eigenvalue weighted by molar-refractivity contribution is -0.136. The van der Waals surface area contributed by atoms with Crippen LogP contribution in [0.5, 0.6) is 0 Å². The van der Waals surface area contributed by atoms with Gasteiger partial charge in [0.15, 0.2) is 0 Å². The van der Waals surface area contributed by atoms with Crippen LogP contribution in [0.15, 0.2) is 30.3 Å². The number of benzene rings is 1. The summed E-state index contributed by atoms with van der Waals surface area (Å²) < 4.78 is 0. The lowest BCUT2D eigenvalue weighted by atomic mass is 10.0. The second-order valence-corrected chi connectivity index (χ2v) is 5.56. The number of urea groups is 1. The van der Waals surface area contributed by atoms with Gasteiger partial charge in [0.05, 0.1) is 0 Å². The van der Waals surface area contributed by atoms with Gasteiger partial charge in [-0.05, 0) is 45.2 Å². The molecule has 0 bridgehead atoms. The lowest BCUT2D eigenvalue weighted by Crippen LogP contribution is -2.52. The molecule has 2 rings (SSSR count). The van der Waals surface area contributed by atoms with Gasteiger partial charge in [0.1, 0.15) is 6.04 Å². The number of likely N-dealkylation sites (tertiary alicyclic amines) is 1. The molecule has 1 heterocycles. The monoisotopic (exact) mass is 289 g/mol. The Labute approximate surface area is 125 Å². The standard InChI is InChI=1S/C16H23N3O2/c1-12-8-6-7-11-19(12)15(20)13(2)17-16(21)18-14-9-4-3-5-10-14/h3-5,9-10,12-13H,6-8,11H2,1-2H3,(H2,17,18,21)/t12-,13-/m1/s1. The van der Waals surface area contributed by atoms with Crippen LogP contribution in [0.25, 0.3) is 0 Å². The number of nitrogens with zero attached hydrogens (tertiary/aromatic N) is 1. The molecule has 1 aliphatic rings. The van der Waals surface area contributed by atoms with Gasteiger partial charge < -0.3 is 15.5 Å². The summed E-state index contributed by atoms with van der Waals surface area (Å²) in [7, 11) is 0. The van der Waals surface area contributed by atoms with Crippen LogP contribution in [0, 0.1) is 0 Å². The highest BCUT2D eigenvalue weighted by Gasteiger charge is 2.27. The number of anilines is 1. The quantitative estimate of drug-likeness (QED) is 0.898. The predicted molar refractivity (Wildman–Crippen MR) is 83.1 cm³/mol. The first-order valence-electron chi connectivity index (χ1n) is 7.51. The van der Waals surface area contributed by atoms with Gasteiger partial charge in [-0.25, -0.2) is 4.79 Å². The summed E-state index contributed by atoms with van der Waals surface area (Å²) in [6.07, 6.45) is 3.24. The van der Waals surface area contributed by atoms with E-state index in [4.69, 9.17) is 0 Å². The molecule has 2 atom stereocenters. The van der Waals surface area contributed by atoms with Crippen molar-refractivity contribution >= 4 is 17.6 Å². The first-order chi connectivity index (χ1) is 10.1. The summed E-state index contributed by atoms with van der Waals surface area (Å²) in [5, 5.41) is 5.43. The van der Waals surface area contributed by atoms with Crippen LogP contribution in [-0.4, -0.2) is 35.5 Å². The van der Waals surface area contributed by atoms with Gasteiger partial charge in [-0.2, -0.15) is 0 Å². The van der Waals surface area contributed by atoms with Gasteiger partial charge in [0.25, 0.3) is 0 Å². The maximum absolute atomic E-state index is 12.4. The maximum atomic E-state index is 12.4. The van der Waals surface area contributed by atoms with E-state index < -0.39 is 6.04 Å². The minimum Gasteiger partial charge on any atom is -0.338 e. The molecular formula is C16H23N3O2. The summed E-state index contributed by atoms with van der Waals surface area (Å²) >= 11 is 0. The molecule has 0 aliphatic carbocycles. The van der Waals surface area contributed by atoms with E-state index in [1.165, 1.54) is 6.42 Å². The Balaban J connectivity index is 1.86. The molecule has 5 nitrogen and oxygen atoms in total.